The first kappa shape index (κ1) is 21.4. The molecule has 0 bridgehead atoms. The zero-order valence-electron chi connectivity index (χ0n) is 16.4. The van der Waals surface area contributed by atoms with E-state index in [1.807, 2.05) is 0 Å². The number of rotatable bonds is 7. The first-order chi connectivity index (χ1) is 14.4. The van der Waals surface area contributed by atoms with E-state index >= 15 is 0 Å². The van der Waals surface area contributed by atoms with Crippen LogP contribution in [0.25, 0.3) is 0 Å². The second-order valence-electron chi connectivity index (χ2n) is 7.42. The number of aromatic hydroxyl groups is 1. The Labute approximate surface area is 172 Å². The van der Waals surface area contributed by atoms with Gasteiger partial charge in [-0.05, 0) is 36.5 Å². The van der Waals surface area contributed by atoms with Crippen molar-refractivity contribution in [1.82, 2.24) is 9.99 Å². The first-order valence-electron chi connectivity index (χ1n) is 9.85. The van der Waals surface area contributed by atoms with E-state index in [1.54, 1.807) is 0 Å². The minimum Gasteiger partial charge on any atom is -0.502 e. The Hall–Kier alpha value is -3.36. The third-order valence-electron chi connectivity index (χ3n) is 5.27. The lowest BCUT2D eigenvalue weighted by Gasteiger charge is -2.22. The van der Waals surface area contributed by atoms with Crippen LogP contribution in [0, 0.1) is 11.7 Å². The van der Waals surface area contributed by atoms with Crippen LogP contribution in [0.3, 0.4) is 0 Å². The number of carboxylic acid groups (broad SMARTS) is 1. The number of benzene rings is 1. The number of pyridine rings is 1. The second kappa shape index (κ2) is 9.43. The smallest absolute Gasteiger partial charge is 0.341 e. The summed E-state index contributed by atoms with van der Waals surface area (Å²) in [5.41, 5.74) is 1.27. The van der Waals surface area contributed by atoms with Gasteiger partial charge < -0.3 is 21.0 Å². The van der Waals surface area contributed by atoms with Gasteiger partial charge in [0.2, 0.25) is 5.43 Å². The van der Waals surface area contributed by atoms with Gasteiger partial charge in [0.05, 0.1) is 6.54 Å². The number of halogens is 1. The highest BCUT2D eigenvalue weighted by Crippen LogP contribution is 2.23. The lowest BCUT2D eigenvalue weighted by Crippen LogP contribution is -2.36. The molecule has 1 aliphatic carbocycles. The molecule has 1 aromatic carbocycles. The van der Waals surface area contributed by atoms with Gasteiger partial charge in [0.15, 0.2) is 11.4 Å². The van der Waals surface area contributed by atoms with Gasteiger partial charge in [0.1, 0.15) is 11.4 Å². The summed E-state index contributed by atoms with van der Waals surface area (Å²) >= 11 is 0. The van der Waals surface area contributed by atoms with Gasteiger partial charge in [-0.1, -0.05) is 31.4 Å². The zero-order chi connectivity index (χ0) is 21.7. The van der Waals surface area contributed by atoms with Gasteiger partial charge in [0, 0.05) is 12.7 Å². The monoisotopic (exact) mass is 417 g/mol. The Balaban J connectivity index is 1.85. The Kier molecular flexibility index (Phi) is 6.71. The van der Waals surface area contributed by atoms with Crippen molar-refractivity contribution in [3.05, 3.63) is 63.3 Å². The van der Waals surface area contributed by atoms with Crippen molar-refractivity contribution in [3.63, 3.8) is 0 Å². The molecule has 1 fully saturated rings. The molecule has 0 spiro atoms. The Morgan fingerprint density at radius 2 is 1.80 bits per heavy atom. The molecule has 160 valence electrons. The molecule has 0 unspecified atom stereocenters. The van der Waals surface area contributed by atoms with Crippen molar-refractivity contribution in [3.8, 4) is 5.75 Å². The highest BCUT2D eigenvalue weighted by atomic mass is 19.1. The number of carbonyl (C=O) groups is 2. The SMILES string of the molecule is O=C(O)c1cn(NCc2ccc(F)cc2)c(C(=O)NCC2CCCCC2)c(O)c1=O. The minimum absolute atomic E-state index is 0.102. The molecule has 4 N–H and O–H groups in total. The van der Waals surface area contributed by atoms with Crippen molar-refractivity contribution in [2.45, 2.75) is 38.6 Å². The van der Waals surface area contributed by atoms with Crippen LogP contribution in [0.5, 0.6) is 5.75 Å². The number of hydrogen-bond donors (Lipinski definition) is 4. The summed E-state index contributed by atoms with van der Waals surface area (Å²) in [5.74, 6) is -3.23. The molecule has 2 aromatic rings. The Bertz CT molecular complexity index is 981. The van der Waals surface area contributed by atoms with Gasteiger partial charge >= 0.3 is 5.97 Å². The van der Waals surface area contributed by atoms with E-state index in [2.05, 4.69) is 10.7 Å². The number of aromatic carboxylic acids is 1. The molecule has 0 atom stereocenters. The molecule has 0 aliphatic heterocycles. The lowest BCUT2D eigenvalue weighted by atomic mass is 9.89. The summed E-state index contributed by atoms with van der Waals surface area (Å²) in [4.78, 5) is 36.3. The quantitative estimate of drug-likeness (QED) is 0.549. The van der Waals surface area contributed by atoms with E-state index in [0.29, 0.717) is 18.0 Å². The van der Waals surface area contributed by atoms with Crippen LogP contribution in [0.4, 0.5) is 4.39 Å². The fraction of sp³-hybridized carbons (Fsp3) is 0.381. The number of nitrogens with zero attached hydrogens (tertiary/aromatic N) is 1. The van der Waals surface area contributed by atoms with Crippen LogP contribution in [-0.2, 0) is 6.54 Å². The van der Waals surface area contributed by atoms with Gasteiger partial charge in [-0.15, -0.1) is 0 Å². The molecule has 3 rings (SSSR count). The van der Waals surface area contributed by atoms with Crippen molar-refractivity contribution in [2.75, 3.05) is 12.0 Å². The van der Waals surface area contributed by atoms with E-state index in [9.17, 15) is 29.0 Å². The maximum atomic E-state index is 13.1. The van der Waals surface area contributed by atoms with Crippen molar-refractivity contribution in [2.24, 2.45) is 5.92 Å². The molecule has 1 amide bonds. The van der Waals surface area contributed by atoms with Crippen LogP contribution >= 0.6 is 0 Å². The number of aromatic nitrogens is 1. The fourth-order valence-electron chi connectivity index (χ4n) is 3.59. The van der Waals surface area contributed by atoms with Crippen molar-refractivity contribution in [1.29, 1.82) is 0 Å². The van der Waals surface area contributed by atoms with Crippen molar-refractivity contribution < 1.29 is 24.2 Å². The van der Waals surface area contributed by atoms with Gasteiger partial charge in [0.25, 0.3) is 5.91 Å². The Morgan fingerprint density at radius 3 is 2.43 bits per heavy atom. The topological polar surface area (TPSA) is 121 Å². The molecule has 30 heavy (non-hydrogen) atoms. The zero-order valence-corrected chi connectivity index (χ0v) is 16.4. The highest BCUT2D eigenvalue weighted by molar-refractivity contribution is 5.97. The van der Waals surface area contributed by atoms with Crippen LogP contribution in [-0.4, -0.2) is 33.3 Å². The second-order valence-corrected chi connectivity index (χ2v) is 7.42. The summed E-state index contributed by atoms with van der Waals surface area (Å²) in [7, 11) is 0. The van der Waals surface area contributed by atoms with Crippen LogP contribution in [0.15, 0.2) is 35.3 Å². The summed E-state index contributed by atoms with van der Waals surface area (Å²) < 4.78 is 14.1. The standard InChI is InChI=1S/C21H24FN3O5/c22-15-8-6-14(7-9-15)11-24-25-12-16(21(29)30)18(26)19(27)17(25)20(28)23-10-13-4-2-1-3-5-13/h6-9,12-13,24,27H,1-5,10-11H2,(H,23,28)(H,29,30). The molecule has 9 heteroatoms. The number of amides is 1. The third-order valence-corrected chi connectivity index (χ3v) is 5.27. The van der Waals surface area contributed by atoms with E-state index in [-0.39, 0.29) is 12.2 Å². The summed E-state index contributed by atoms with van der Waals surface area (Å²) in [6, 6.07) is 5.57. The number of hydrogen-bond acceptors (Lipinski definition) is 5. The summed E-state index contributed by atoms with van der Waals surface area (Å²) in [6.45, 7) is 0.510. The van der Waals surface area contributed by atoms with Crippen LogP contribution < -0.4 is 16.2 Å². The normalized spacial score (nSPS) is 14.3. The minimum atomic E-state index is -1.53. The molecule has 0 saturated heterocycles. The van der Waals surface area contributed by atoms with Gasteiger partial charge in [-0.3, -0.25) is 14.3 Å². The van der Waals surface area contributed by atoms with E-state index in [0.717, 1.165) is 36.6 Å². The lowest BCUT2D eigenvalue weighted by molar-refractivity contribution is 0.0692. The van der Waals surface area contributed by atoms with Crippen molar-refractivity contribution >= 4 is 11.9 Å². The number of carboxylic acids is 1. The largest absolute Gasteiger partial charge is 0.502 e. The molecular weight excluding hydrogens is 393 g/mol. The number of nitrogens with one attached hydrogen (secondary N) is 2. The molecule has 1 aromatic heterocycles. The van der Waals surface area contributed by atoms with E-state index < -0.39 is 34.4 Å². The fourth-order valence-corrected chi connectivity index (χ4v) is 3.59. The average Bonchev–Trinajstić information content (AvgIpc) is 2.74. The van der Waals surface area contributed by atoms with Crippen LogP contribution in [0.2, 0.25) is 0 Å². The van der Waals surface area contributed by atoms with Gasteiger partial charge in [-0.2, -0.15) is 0 Å². The molecular formula is C21H24FN3O5. The van der Waals surface area contributed by atoms with Gasteiger partial charge in [-0.25, -0.2) is 9.18 Å². The molecule has 8 nitrogen and oxygen atoms in total. The molecule has 1 heterocycles. The van der Waals surface area contributed by atoms with E-state index in [1.165, 1.54) is 30.7 Å². The average molecular weight is 417 g/mol. The molecule has 1 saturated carbocycles. The molecule has 0 radical (unpaired) electrons. The van der Waals surface area contributed by atoms with Crippen LogP contribution in [0.1, 0.15) is 58.5 Å². The highest BCUT2D eigenvalue weighted by Gasteiger charge is 2.25. The summed E-state index contributed by atoms with van der Waals surface area (Å²) in [5, 5.41) is 22.3. The number of carbonyl (C=O) groups excluding carboxylic acids is 1. The third kappa shape index (κ3) is 4.97. The maximum absolute atomic E-state index is 13.1. The predicted molar refractivity (Wildman–Crippen MR) is 108 cm³/mol. The Morgan fingerprint density at radius 1 is 1.13 bits per heavy atom. The first-order valence-corrected chi connectivity index (χ1v) is 9.85. The predicted octanol–water partition coefficient (Wildman–Crippen LogP) is 2.45. The summed E-state index contributed by atoms with van der Waals surface area (Å²) in [6.07, 6.45) is 6.34. The van der Waals surface area contributed by atoms with E-state index in [4.69, 9.17) is 0 Å². The molecule has 1 aliphatic rings. The maximum Gasteiger partial charge on any atom is 0.341 e.